The van der Waals surface area contributed by atoms with E-state index in [1.54, 1.807) is 29.8 Å². The molecule has 28 heteroatoms. The fourth-order valence-corrected chi connectivity index (χ4v) is 13.6. The molecule has 1 unspecified atom stereocenters. The van der Waals surface area contributed by atoms with E-state index in [1.807, 2.05) is 54.9 Å². The predicted octanol–water partition coefficient (Wildman–Crippen LogP) is 7.26. The van der Waals surface area contributed by atoms with Crippen LogP contribution in [0.1, 0.15) is 107 Å². The van der Waals surface area contributed by atoms with Crippen molar-refractivity contribution in [1.29, 1.82) is 0 Å². The van der Waals surface area contributed by atoms with Crippen LogP contribution < -0.4 is 31.5 Å². The Bertz CT molecular complexity index is 3570. The number of fused-ring (bicyclic) bond motifs is 14. The number of hydrogen-bond donors (Lipinski definition) is 6. The van der Waals surface area contributed by atoms with Crippen molar-refractivity contribution in [1.82, 2.24) is 61.5 Å². The van der Waals surface area contributed by atoms with Gasteiger partial charge in [-0.25, -0.2) is 34.9 Å². The Hall–Kier alpha value is -7.60. The van der Waals surface area contributed by atoms with Crippen molar-refractivity contribution in [3.8, 4) is 43.4 Å². The number of thiazole rings is 6. The summed E-state index contributed by atoms with van der Waals surface area (Å²) >= 11 is 7.36. The molecule has 8 heterocycles. The number of aromatic nitrogens is 7. The van der Waals surface area contributed by atoms with Crippen LogP contribution >= 0.6 is 68.0 Å². The molecule has 1 aliphatic heterocycles. The SMILES string of the molecule is CNC(=O)C[C@@H]1NC(=O)c2csc(n2)-c2ccc(-c3nc(N(C=O)CCC(=O)O)cs3)nc2-c2csc(n2)-c2csc(n2)[C@H](Cc2ccccc2)NC(=O)CNC(=O)c2nc(sc2COC)C(C(C)C)NC(=O)c2nc1sc2C. The number of pyridine rings is 1. The van der Waals surface area contributed by atoms with Gasteiger partial charge in [-0.3, -0.25) is 38.5 Å². The van der Waals surface area contributed by atoms with E-state index < -0.39 is 60.2 Å². The number of hydrogen-bond acceptors (Lipinski definition) is 21. The molecule has 22 nitrogen and oxygen atoms in total. The quantitative estimate of drug-likeness (QED) is 0.0619. The zero-order chi connectivity index (χ0) is 55.9. The highest BCUT2D eigenvalue weighted by Crippen LogP contribution is 2.39. The maximum atomic E-state index is 14.2. The van der Waals surface area contributed by atoms with E-state index in [0.29, 0.717) is 81.0 Å². The lowest BCUT2D eigenvalue weighted by atomic mass is 10.0. The molecule has 10 bridgehead atoms. The van der Waals surface area contributed by atoms with E-state index in [2.05, 4.69) is 36.6 Å². The summed E-state index contributed by atoms with van der Waals surface area (Å²) in [6, 6.07) is 10.8. The Balaban J connectivity index is 1.12. The lowest BCUT2D eigenvalue weighted by Crippen LogP contribution is -2.39. The van der Waals surface area contributed by atoms with Gasteiger partial charge >= 0.3 is 5.97 Å². The van der Waals surface area contributed by atoms with E-state index >= 15 is 0 Å². The minimum absolute atomic E-state index is 0.0299. The van der Waals surface area contributed by atoms with Gasteiger partial charge in [0.2, 0.25) is 18.2 Å². The highest BCUT2D eigenvalue weighted by molar-refractivity contribution is 7.15. The van der Waals surface area contributed by atoms with Crippen molar-refractivity contribution in [2.24, 2.45) is 5.92 Å². The predicted molar refractivity (Wildman–Crippen MR) is 301 cm³/mol. The van der Waals surface area contributed by atoms with Gasteiger partial charge in [-0.2, -0.15) is 0 Å². The molecule has 6 N–H and O–H groups in total. The number of amides is 6. The molecule has 3 atom stereocenters. The molecule has 0 spiro atoms. The van der Waals surface area contributed by atoms with E-state index in [4.69, 9.17) is 29.7 Å². The average Bonchev–Trinajstić information content (AvgIpc) is 4.45. The highest BCUT2D eigenvalue weighted by atomic mass is 32.1. The Labute approximate surface area is 475 Å². The maximum Gasteiger partial charge on any atom is 0.305 e. The summed E-state index contributed by atoms with van der Waals surface area (Å²) in [7, 11) is 2.96. The topological polar surface area (TPSA) is 303 Å². The Morgan fingerprint density at radius 1 is 0.747 bits per heavy atom. The lowest BCUT2D eigenvalue weighted by molar-refractivity contribution is -0.136. The van der Waals surface area contributed by atoms with Crippen LogP contribution in [-0.2, 0) is 36.9 Å². The minimum atomic E-state index is -1.07. The number of carbonyl (C=O) groups is 7. The van der Waals surface area contributed by atoms with Crippen LogP contribution in [0.15, 0.2) is 64.0 Å². The van der Waals surface area contributed by atoms with Gasteiger partial charge in [-0.1, -0.05) is 44.2 Å². The largest absolute Gasteiger partial charge is 0.481 e. The first-order valence-electron chi connectivity index (χ1n) is 24.3. The second kappa shape index (κ2) is 25.0. The van der Waals surface area contributed by atoms with Crippen molar-refractivity contribution < 1.29 is 43.4 Å². The minimum Gasteiger partial charge on any atom is -0.481 e. The number of carboxylic acids is 1. The molecule has 0 radical (unpaired) electrons. The van der Waals surface area contributed by atoms with Gasteiger partial charge in [0.05, 0.1) is 54.7 Å². The summed E-state index contributed by atoms with van der Waals surface area (Å²) in [5, 5.41) is 33.1. The standard InChI is InChI=1S/C51H49N13O9S6/c1-24(2)39-51-63-42(34(79-51)18-73-5)44(71)53-17-37(67)54-29(15-26-9-7-6-8-10-26)48-59-33(21-76-48)49-57-31(19-75-49)41-27(11-12-28(55-41)47-60-35(22-77-47)64(23-65)14-13-38(68)69)46-58-32(20-74-46)43(70)56-30(16-36(66)52-4)50-62-40(25(3)78-50)45(72)61-39/h6-12,19-24,29-30,39H,13-18H2,1-5H3,(H,52,66)(H,53,71)(H,54,67)(H,56,70)(H,61,72)(H,68,69)/t29-,30-,39?/m0/s1. The van der Waals surface area contributed by atoms with Gasteiger partial charge in [0.1, 0.15) is 70.0 Å². The van der Waals surface area contributed by atoms with E-state index in [9.17, 15) is 38.7 Å². The van der Waals surface area contributed by atoms with Crippen LogP contribution in [0.5, 0.6) is 0 Å². The molecule has 0 saturated carbocycles. The van der Waals surface area contributed by atoms with Crippen LogP contribution in [0, 0.1) is 12.8 Å². The Kier molecular flexibility index (Phi) is 17.8. The number of carboxylic acid groups (broad SMARTS) is 1. The number of nitrogens with zero attached hydrogens (tertiary/aromatic N) is 8. The van der Waals surface area contributed by atoms with Crippen LogP contribution in [-0.4, -0.2) is 109 Å². The molecular formula is C51H49N13O9S6. The summed E-state index contributed by atoms with van der Waals surface area (Å²) in [6.07, 6.45) is 0.398. The molecule has 9 rings (SSSR count). The summed E-state index contributed by atoms with van der Waals surface area (Å²) in [4.78, 5) is 129. The van der Waals surface area contributed by atoms with Gasteiger partial charge in [-0.15, -0.1) is 68.0 Å². The highest BCUT2D eigenvalue weighted by Gasteiger charge is 2.32. The molecule has 408 valence electrons. The third kappa shape index (κ3) is 13.1. The molecular weight excluding hydrogens is 1130 g/mol. The molecule has 79 heavy (non-hydrogen) atoms. The number of benzene rings is 1. The van der Waals surface area contributed by atoms with Crippen LogP contribution in [0.25, 0.3) is 43.4 Å². The van der Waals surface area contributed by atoms with E-state index in [1.165, 1.54) is 75.7 Å². The smallest absolute Gasteiger partial charge is 0.305 e. The Morgan fingerprint density at radius 3 is 2.22 bits per heavy atom. The number of anilines is 1. The molecule has 0 aliphatic carbocycles. The fourth-order valence-electron chi connectivity index (χ4n) is 8.11. The summed E-state index contributed by atoms with van der Waals surface area (Å²) in [5.41, 5.74) is 3.32. The van der Waals surface area contributed by atoms with Crippen molar-refractivity contribution in [2.45, 2.75) is 64.8 Å². The van der Waals surface area contributed by atoms with Gasteiger partial charge in [0.25, 0.3) is 17.7 Å². The molecule has 1 aliphatic rings. The summed E-state index contributed by atoms with van der Waals surface area (Å²) < 4.78 is 5.45. The van der Waals surface area contributed by atoms with Gasteiger partial charge in [0, 0.05) is 52.7 Å². The molecule has 1 aromatic carbocycles. The van der Waals surface area contributed by atoms with Gasteiger partial charge in [0.15, 0.2) is 0 Å². The van der Waals surface area contributed by atoms with Crippen LogP contribution in [0.2, 0.25) is 0 Å². The normalized spacial score (nSPS) is 16.1. The monoisotopic (exact) mass is 1180 g/mol. The number of aryl methyl sites for hydroxylation is 1. The molecule has 0 fully saturated rings. The first-order chi connectivity index (χ1) is 38.1. The van der Waals surface area contributed by atoms with Crippen molar-refractivity contribution in [3.05, 3.63) is 111 Å². The molecule has 0 saturated heterocycles. The van der Waals surface area contributed by atoms with E-state index in [0.717, 1.165) is 16.9 Å². The zero-order valence-electron chi connectivity index (χ0n) is 42.7. The number of aliphatic carboxylic acids is 1. The van der Waals surface area contributed by atoms with Crippen molar-refractivity contribution >= 4 is 116 Å². The third-order valence-electron chi connectivity index (χ3n) is 12.1. The number of ether oxygens (including phenoxy) is 1. The fraction of sp³-hybridized carbons (Fsp3) is 0.294. The average molecular weight is 1180 g/mol. The van der Waals surface area contributed by atoms with Crippen LogP contribution in [0.3, 0.4) is 0 Å². The second-order valence-electron chi connectivity index (χ2n) is 18.0. The second-order valence-corrected chi connectivity index (χ2v) is 23.8. The van der Waals surface area contributed by atoms with E-state index in [-0.39, 0.29) is 54.8 Å². The first-order valence-corrected chi connectivity index (χ1v) is 29.4. The molecule has 7 aromatic heterocycles. The first kappa shape index (κ1) is 56.1. The number of carbonyl (C=O) groups excluding carboxylic acids is 6. The lowest BCUT2D eigenvalue weighted by Gasteiger charge is -2.20. The summed E-state index contributed by atoms with van der Waals surface area (Å²) in [5.74, 6) is -3.69. The Morgan fingerprint density at radius 2 is 1.47 bits per heavy atom. The number of methoxy groups -OCH3 is 1. The van der Waals surface area contributed by atoms with Gasteiger partial charge in [-0.05, 0) is 37.0 Å². The third-order valence-corrected chi connectivity index (χ3v) is 17.8. The van der Waals surface area contributed by atoms with Crippen molar-refractivity contribution in [3.63, 3.8) is 0 Å². The van der Waals surface area contributed by atoms with Crippen LogP contribution in [0.4, 0.5) is 5.82 Å². The number of rotatable bonds is 13. The maximum absolute atomic E-state index is 14.2. The number of nitrogens with one attached hydrogen (secondary N) is 5. The molecule has 6 amide bonds. The molecule has 8 aromatic rings. The van der Waals surface area contributed by atoms with Crippen molar-refractivity contribution in [2.75, 3.05) is 32.1 Å². The van der Waals surface area contributed by atoms with Gasteiger partial charge < -0.3 is 36.4 Å². The summed E-state index contributed by atoms with van der Waals surface area (Å²) in [6.45, 7) is 5.05. The zero-order valence-corrected chi connectivity index (χ0v) is 47.6.